The summed E-state index contributed by atoms with van der Waals surface area (Å²) >= 11 is 0. The zero-order valence-electron chi connectivity index (χ0n) is 8.47. The first-order chi connectivity index (χ1) is 7.58. The minimum absolute atomic E-state index is 0.205. The molecule has 2 heterocycles. The highest BCUT2D eigenvalue weighted by molar-refractivity contribution is 6.39. The molecule has 0 saturated carbocycles. The van der Waals surface area contributed by atoms with Gasteiger partial charge >= 0.3 is 5.97 Å². The quantitative estimate of drug-likeness (QED) is 0.616. The molecule has 1 fully saturated rings. The number of likely N-dealkylation sites (tertiary alicyclic amines) is 1. The minimum Gasteiger partial charge on any atom is -0.481 e. The molecule has 0 aromatic rings. The first kappa shape index (κ1) is 10.6. The maximum atomic E-state index is 11.7. The van der Waals surface area contributed by atoms with Gasteiger partial charge in [0.2, 0.25) is 5.91 Å². The third-order valence-electron chi connectivity index (χ3n) is 2.67. The van der Waals surface area contributed by atoms with Crippen LogP contribution in [0.5, 0.6) is 0 Å². The lowest BCUT2D eigenvalue weighted by atomic mass is 9.99. The van der Waals surface area contributed by atoms with Gasteiger partial charge in [-0.3, -0.25) is 14.4 Å². The van der Waals surface area contributed by atoms with Crippen molar-refractivity contribution in [3.05, 3.63) is 0 Å². The summed E-state index contributed by atoms with van der Waals surface area (Å²) in [7, 11) is 0. The monoisotopic (exact) mass is 225 g/mol. The SMILES string of the molecule is O=C1CCC(C(=O)N2CC(C(=O)O)C2)=NN1. The van der Waals surface area contributed by atoms with E-state index in [1.165, 1.54) is 4.90 Å². The fourth-order valence-electron chi connectivity index (χ4n) is 1.61. The number of hydrogen-bond acceptors (Lipinski definition) is 4. The van der Waals surface area contributed by atoms with Crippen molar-refractivity contribution in [1.29, 1.82) is 0 Å². The molecule has 7 nitrogen and oxygen atoms in total. The molecule has 16 heavy (non-hydrogen) atoms. The first-order valence-corrected chi connectivity index (χ1v) is 4.95. The molecule has 2 amide bonds. The van der Waals surface area contributed by atoms with E-state index in [-0.39, 0.29) is 31.3 Å². The van der Waals surface area contributed by atoms with Gasteiger partial charge in [-0.2, -0.15) is 5.10 Å². The van der Waals surface area contributed by atoms with Crippen LogP contribution in [0.4, 0.5) is 0 Å². The van der Waals surface area contributed by atoms with E-state index in [0.29, 0.717) is 12.1 Å². The van der Waals surface area contributed by atoms with Crippen LogP contribution in [0.3, 0.4) is 0 Å². The Morgan fingerprint density at radius 1 is 1.38 bits per heavy atom. The molecule has 2 aliphatic rings. The fourth-order valence-corrected chi connectivity index (χ4v) is 1.61. The average molecular weight is 225 g/mol. The van der Waals surface area contributed by atoms with E-state index in [9.17, 15) is 14.4 Å². The normalized spacial score (nSPS) is 20.9. The van der Waals surface area contributed by atoms with Gasteiger partial charge in [0.25, 0.3) is 5.91 Å². The fraction of sp³-hybridized carbons (Fsp3) is 0.556. The van der Waals surface area contributed by atoms with Gasteiger partial charge in [0.05, 0.1) is 5.92 Å². The lowest BCUT2D eigenvalue weighted by molar-refractivity contribution is -0.150. The number of carboxylic acids is 1. The number of hydrogen-bond donors (Lipinski definition) is 2. The van der Waals surface area contributed by atoms with E-state index in [1.807, 2.05) is 0 Å². The Balaban J connectivity index is 1.90. The summed E-state index contributed by atoms with van der Waals surface area (Å²) in [6, 6.07) is 0. The van der Waals surface area contributed by atoms with Gasteiger partial charge in [0.1, 0.15) is 5.71 Å². The lowest BCUT2D eigenvalue weighted by Crippen LogP contribution is -2.55. The summed E-state index contributed by atoms with van der Waals surface area (Å²) in [5.74, 6) is -1.84. The van der Waals surface area contributed by atoms with Crippen LogP contribution in [0.25, 0.3) is 0 Å². The second kappa shape index (κ2) is 3.92. The Kier molecular flexibility index (Phi) is 2.59. The summed E-state index contributed by atoms with van der Waals surface area (Å²) in [4.78, 5) is 34.5. The number of nitrogens with zero attached hydrogens (tertiary/aromatic N) is 2. The molecule has 0 aliphatic carbocycles. The highest BCUT2D eigenvalue weighted by atomic mass is 16.4. The minimum atomic E-state index is -0.886. The number of carbonyl (C=O) groups is 3. The number of carboxylic acid groups (broad SMARTS) is 1. The topological polar surface area (TPSA) is 99.1 Å². The standard InChI is InChI=1S/C9H11N3O4/c13-7-2-1-6(10-11-7)8(14)12-3-5(4-12)9(15)16/h5H,1-4H2,(H,11,13)(H,15,16). The van der Waals surface area contributed by atoms with Gasteiger partial charge in [0, 0.05) is 25.9 Å². The van der Waals surface area contributed by atoms with E-state index >= 15 is 0 Å². The number of carbonyl (C=O) groups excluding carboxylic acids is 2. The van der Waals surface area contributed by atoms with Crippen LogP contribution < -0.4 is 5.43 Å². The van der Waals surface area contributed by atoms with Crippen LogP contribution in [0, 0.1) is 5.92 Å². The maximum Gasteiger partial charge on any atom is 0.310 e. The highest BCUT2D eigenvalue weighted by Gasteiger charge is 2.37. The second-order valence-corrected chi connectivity index (χ2v) is 3.84. The third-order valence-corrected chi connectivity index (χ3v) is 2.67. The van der Waals surface area contributed by atoms with E-state index in [4.69, 9.17) is 5.11 Å². The molecular formula is C9H11N3O4. The van der Waals surface area contributed by atoms with Crippen molar-refractivity contribution in [2.45, 2.75) is 12.8 Å². The Labute approximate surface area is 91.1 Å². The van der Waals surface area contributed by atoms with Crippen molar-refractivity contribution in [2.75, 3.05) is 13.1 Å². The van der Waals surface area contributed by atoms with Crippen LogP contribution in [0.2, 0.25) is 0 Å². The van der Waals surface area contributed by atoms with E-state index in [1.54, 1.807) is 0 Å². The molecular weight excluding hydrogens is 214 g/mol. The number of rotatable bonds is 2. The average Bonchev–Trinajstić information content (AvgIpc) is 2.15. The Morgan fingerprint density at radius 2 is 2.06 bits per heavy atom. The van der Waals surface area contributed by atoms with Crippen molar-refractivity contribution in [1.82, 2.24) is 10.3 Å². The van der Waals surface area contributed by atoms with Crippen molar-refractivity contribution < 1.29 is 19.5 Å². The van der Waals surface area contributed by atoms with Gasteiger partial charge in [-0.15, -0.1) is 0 Å². The molecule has 2 N–H and O–H groups in total. The zero-order valence-corrected chi connectivity index (χ0v) is 8.47. The zero-order chi connectivity index (χ0) is 11.7. The molecule has 2 rings (SSSR count). The lowest BCUT2D eigenvalue weighted by Gasteiger charge is -2.37. The Hall–Kier alpha value is -1.92. The van der Waals surface area contributed by atoms with E-state index in [2.05, 4.69) is 10.5 Å². The largest absolute Gasteiger partial charge is 0.481 e. The van der Waals surface area contributed by atoms with Crippen LogP contribution in [0.15, 0.2) is 5.10 Å². The van der Waals surface area contributed by atoms with E-state index < -0.39 is 11.9 Å². The third kappa shape index (κ3) is 1.88. The van der Waals surface area contributed by atoms with Crippen molar-refractivity contribution >= 4 is 23.5 Å². The predicted molar refractivity (Wildman–Crippen MR) is 52.5 cm³/mol. The van der Waals surface area contributed by atoms with Gasteiger partial charge in [-0.05, 0) is 0 Å². The van der Waals surface area contributed by atoms with Crippen molar-refractivity contribution in [3.8, 4) is 0 Å². The Bertz CT molecular complexity index is 384. The molecule has 0 aromatic heterocycles. The van der Waals surface area contributed by atoms with Crippen molar-refractivity contribution in [2.24, 2.45) is 11.0 Å². The van der Waals surface area contributed by atoms with Crippen LogP contribution >= 0.6 is 0 Å². The number of hydrazone groups is 1. The summed E-state index contributed by atoms with van der Waals surface area (Å²) in [6.07, 6.45) is 0.569. The van der Waals surface area contributed by atoms with Crippen LogP contribution in [-0.4, -0.2) is 46.6 Å². The second-order valence-electron chi connectivity index (χ2n) is 3.84. The molecule has 0 aromatic carbocycles. The van der Waals surface area contributed by atoms with Gasteiger partial charge in [-0.1, -0.05) is 0 Å². The smallest absolute Gasteiger partial charge is 0.310 e. The first-order valence-electron chi connectivity index (χ1n) is 4.95. The molecule has 0 radical (unpaired) electrons. The predicted octanol–water partition coefficient (Wildman–Crippen LogP) is -1.20. The molecule has 2 aliphatic heterocycles. The molecule has 0 bridgehead atoms. The summed E-state index contributed by atoms with van der Waals surface area (Å²) in [6.45, 7) is 0.447. The molecule has 0 atom stereocenters. The molecule has 1 saturated heterocycles. The van der Waals surface area contributed by atoms with Crippen molar-refractivity contribution in [3.63, 3.8) is 0 Å². The Morgan fingerprint density at radius 3 is 2.56 bits per heavy atom. The van der Waals surface area contributed by atoms with Gasteiger partial charge in [-0.25, -0.2) is 5.43 Å². The van der Waals surface area contributed by atoms with Crippen LogP contribution in [0.1, 0.15) is 12.8 Å². The van der Waals surface area contributed by atoms with Crippen LogP contribution in [-0.2, 0) is 14.4 Å². The molecule has 0 unspecified atom stereocenters. The number of amides is 2. The summed E-state index contributed by atoms with van der Waals surface area (Å²) < 4.78 is 0. The van der Waals surface area contributed by atoms with Gasteiger partial charge in [0.15, 0.2) is 0 Å². The highest BCUT2D eigenvalue weighted by Crippen LogP contribution is 2.17. The molecule has 0 spiro atoms. The maximum absolute atomic E-state index is 11.7. The molecule has 7 heteroatoms. The number of aliphatic carboxylic acids is 1. The molecule has 86 valence electrons. The summed E-state index contributed by atoms with van der Waals surface area (Å²) in [5.41, 5.74) is 2.53. The van der Waals surface area contributed by atoms with E-state index in [0.717, 1.165) is 0 Å². The van der Waals surface area contributed by atoms with Gasteiger partial charge < -0.3 is 10.0 Å². The number of nitrogens with one attached hydrogen (secondary N) is 1. The summed E-state index contributed by atoms with van der Waals surface area (Å²) in [5, 5.41) is 12.3.